The highest BCUT2D eigenvalue weighted by atomic mass is 32.2. The van der Waals surface area contributed by atoms with E-state index in [0.717, 1.165) is 11.8 Å². The highest BCUT2D eigenvalue weighted by Gasteiger charge is 2.37. The molecular formula is C31H39FN4O4S. The van der Waals surface area contributed by atoms with Gasteiger partial charge in [-0.05, 0) is 56.5 Å². The molecule has 3 rings (SSSR count). The largest absolute Gasteiger partial charge is 0.354 e. The lowest BCUT2D eigenvalue weighted by atomic mass is 9.80. The van der Waals surface area contributed by atoms with Gasteiger partial charge in [-0.25, -0.2) is 17.5 Å². The molecule has 2 N–H and O–H groups in total. The van der Waals surface area contributed by atoms with Crippen LogP contribution in [0.25, 0.3) is 0 Å². The summed E-state index contributed by atoms with van der Waals surface area (Å²) in [7, 11) is -3.80. The third-order valence-electron chi connectivity index (χ3n) is 6.86. The SMILES string of the molecule is CC(C)N(C(=O)C(c1cccnc1)C(CNC(=O)C(Cc1ccccc1F)NS(C)(=O)=O)c1ccccc1)C(C)C. The van der Waals surface area contributed by atoms with Gasteiger partial charge in [-0.15, -0.1) is 0 Å². The van der Waals surface area contributed by atoms with E-state index in [1.807, 2.05) is 69.0 Å². The molecule has 2 aromatic carbocycles. The van der Waals surface area contributed by atoms with Crippen molar-refractivity contribution in [1.82, 2.24) is 19.9 Å². The molecule has 2 amide bonds. The van der Waals surface area contributed by atoms with Crippen LogP contribution in [-0.2, 0) is 26.0 Å². The molecular weight excluding hydrogens is 543 g/mol. The van der Waals surface area contributed by atoms with Crippen molar-refractivity contribution < 1.29 is 22.4 Å². The van der Waals surface area contributed by atoms with Gasteiger partial charge in [-0.3, -0.25) is 14.6 Å². The van der Waals surface area contributed by atoms with Crippen molar-refractivity contribution in [2.45, 2.75) is 64.1 Å². The Balaban J connectivity index is 2.00. The molecule has 0 aliphatic heterocycles. The minimum atomic E-state index is -3.80. The number of carbonyl (C=O) groups is 2. The third kappa shape index (κ3) is 8.93. The molecule has 220 valence electrons. The lowest BCUT2D eigenvalue weighted by Crippen LogP contribution is -2.50. The van der Waals surface area contributed by atoms with Gasteiger partial charge >= 0.3 is 0 Å². The number of hydrogen-bond acceptors (Lipinski definition) is 5. The first-order valence-electron chi connectivity index (χ1n) is 13.6. The van der Waals surface area contributed by atoms with Crippen molar-refractivity contribution in [3.8, 4) is 0 Å². The van der Waals surface area contributed by atoms with Gasteiger partial charge < -0.3 is 10.2 Å². The zero-order valence-corrected chi connectivity index (χ0v) is 24.9. The number of nitrogens with one attached hydrogen (secondary N) is 2. The fraction of sp³-hybridized carbons (Fsp3) is 0.387. The van der Waals surface area contributed by atoms with Gasteiger partial charge in [0.25, 0.3) is 0 Å². The standard InChI is InChI=1S/C31H39FN4O4S/c1-21(2)36(22(3)4)31(38)29(25-15-11-17-33-19-25)26(23-12-7-6-8-13-23)20-34-30(37)28(35-41(5,39)40)18-24-14-9-10-16-27(24)32/h6-17,19,21-22,26,28-29,35H,18,20H2,1-5H3,(H,34,37). The Morgan fingerprint density at radius 1 is 0.902 bits per heavy atom. The molecule has 8 nitrogen and oxygen atoms in total. The number of sulfonamides is 1. The average Bonchev–Trinajstić information content (AvgIpc) is 2.91. The van der Waals surface area contributed by atoms with Crippen LogP contribution in [0.1, 0.15) is 56.2 Å². The number of halogens is 1. The van der Waals surface area contributed by atoms with Crippen molar-refractivity contribution >= 4 is 21.8 Å². The summed E-state index contributed by atoms with van der Waals surface area (Å²) >= 11 is 0. The Labute approximate surface area is 242 Å². The van der Waals surface area contributed by atoms with Crippen LogP contribution in [0.15, 0.2) is 79.1 Å². The van der Waals surface area contributed by atoms with Gasteiger partial charge in [0.2, 0.25) is 21.8 Å². The lowest BCUT2D eigenvalue weighted by Gasteiger charge is -2.37. The smallest absolute Gasteiger partial charge is 0.238 e. The molecule has 0 saturated heterocycles. The summed E-state index contributed by atoms with van der Waals surface area (Å²) in [6, 6.07) is 17.5. The maximum absolute atomic E-state index is 14.4. The summed E-state index contributed by atoms with van der Waals surface area (Å²) < 4.78 is 41.0. The van der Waals surface area contributed by atoms with E-state index < -0.39 is 39.6 Å². The van der Waals surface area contributed by atoms with E-state index in [4.69, 9.17) is 0 Å². The summed E-state index contributed by atoms with van der Waals surface area (Å²) in [5, 5.41) is 2.87. The van der Waals surface area contributed by atoms with E-state index in [9.17, 15) is 22.4 Å². The highest BCUT2D eigenvalue weighted by Crippen LogP contribution is 2.35. The van der Waals surface area contributed by atoms with Crippen LogP contribution in [0.3, 0.4) is 0 Å². The van der Waals surface area contributed by atoms with Crippen LogP contribution in [0.4, 0.5) is 4.39 Å². The first-order chi connectivity index (χ1) is 19.4. The molecule has 0 spiro atoms. The van der Waals surface area contributed by atoms with Gasteiger partial charge in [-0.1, -0.05) is 54.6 Å². The zero-order chi connectivity index (χ0) is 30.2. The van der Waals surface area contributed by atoms with Crippen LogP contribution in [0.5, 0.6) is 0 Å². The van der Waals surface area contributed by atoms with Crippen molar-refractivity contribution in [1.29, 1.82) is 0 Å². The average molecular weight is 583 g/mol. The van der Waals surface area contributed by atoms with E-state index >= 15 is 0 Å². The van der Waals surface area contributed by atoms with Crippen molar-refractivity contribution in [2.75, 3.05) is 12.8 Å². The molecule has 41 heavy (non-hydrogen) atoms. The lowest BCUT2D eigenvalue weighted by molar-refractivity contribution is -0.137. The molecule has 3 aromatic rings. The zero-order valence-electron chi connectivity index (χ0n) is 24.1. The maximum atomic E-state index is 14.4. The van der Waals surface area contributed by atoms with Gasteiger partial charge in [0.05, 0.1) is 12.2 Å². The molecule has 1 aromatic heterocycles. The molecule has 0 saturated carbocycles. The van der Waals surface area contributed by atoms with E-state index in [0.29, 0.717) is 5.56 Å². The molecule has 0 radical (unpaired) electrons. The van der Waals surface area contributed by atoms with Crippen molar-refractivity contribution in [2.24, 2.45) is 0 Å². The molecule has 1 heterocycles. The second-order valence-corrected chi connectivity index (χ2v) is 12.5. The van der Waals surface area contributed by atoms with Gasteiger partial charge in [-0.2, -0.15) is 0 Å². The number of aromatic nitrogens is 1. The monoisotopic (exact) mass is 582 g/mol. The topological polar surface area (TPSA) is 108 Å². The number of amides is 2. The Kier molecular flexibility index (Phi) is 11.1. The minimum absolute atomic E-state index is 0.0252. The number of hydrogen-bond donors (Lipinski definition) is 2. The van der Waals surface area contributed by atoms with E-state index in [2.05, 4.69) is 15.0 Å². The minimum Gasteiger partial charge on any atom is -0.354 e. The second-order valence-electron chi connectivity index (χ2n) is 10.7. The molecule has 0 fully saturated rings. The fourth-order valence-corrected chi connectivity index (χ4v) is 5.87. The van der Waals surface area contributed by atoms with Crippen LogP contribution in [-0.4, -0.2) is 61.0 Å². The number of pyridine rings is 1. The Morgan fingerprint density at radius 2 is 1.51 bits per heavy atom. The molecule has 3 atom stereocenters. The fourth-order valence-electron chi connectivity index (χ4n) is 5.17. The maximum Gasteiger partial charge on any atom is 0.238 e. The van der Waals surface area contributed by atoms with Crippen LogP contribution in [0.2, 0.25) is 0 Å². The second kappa shape index (κ2) is 14.3. The van der Waals surface area contributed by atoms with Gasteiger partial charge in [0.15, 0.2) is 0 Å². The Morgan fingerprint density at radius 3 is 2.07 bits per heavy atom. The number of carbonyl (C=O) groups excluding carboxylic acids is 2. The Bertz CT molecular complexity index is 1390. The first kappa shape index (κ1) is 31.9. The van der Waals surface area contributed by atoms with E-state index in [-0.39, 0.29) is 36.5 Å². The first-order valence-corrected chi connectivity index (χ1v) is 15.5. The molecule has 0 aliphatic carbocycles. The van der Waals surface area contributed by atoms with E-state index in [1.54, 1.807) is 24.5 Å². The van der Waals surface area contributed by atoms with Crippen molar-refractivity contribution in [3.05, 3.63) is 102 Å². The Hall–Kier alpha value is -3.63. The predicted molar refractivity (Wildman–Crippen MR) is 158 cm³/mol. The van der Waals surface area contributed by atoms with Crippen LogP contribution < -0.4 is 10.0 Å². The summed E-state index contributed by atoms with van der Waals surface area (Å²) in [6.07, 6.45) is 4.06. The summed E-state index contributed by atoms with van der Waals surface area (Å²) in [5.74, 6) is -2.47. The quantitative estimate of drug-likeness (QED) is 0.317. The van der Waals surface area contributed by atoms with Gasteiger partial charge in [0, 0.05) is 43.4 Å². The number of nitrogens with zero attached hydrogens (tertiary/aromatic N) is 2. The normalized spacial score (nSPS) is 14.0. The molecule has 0 bridgehead atoms. The third-order valence-corrected chi connectivity index (χ3v) is 7.57. The highest BCUT2D eigenvalue weighted by molar-refractivity contribution is 7.88. The van der Waals surface area contributed by atoms with E-state index in [1.165, 1.54) is 18.2 Å². The molecule has 0 aliphatic rings. The van der Waals surface area contributed by atoms with Gasteiger partial charge in [0.1, 0.15) is 11.9 Å². The summed E-state index contributed by atoms with van der Waals surface area (Å²) in [5.41, 5.74) is 1.73. The van der Waals surface area contributed by atoms with Crippen LogP contribution >= 0.6 is 0 Å². The predicted octanol–water partition coefficient (Wildman–Crippen LogP) is 4.01. The van der Waals surface area contributed by atoms with Crippen molar-refractivity contribution in [3.63, 3.8) is 0 Å². The summed E-state index contributed by atoms with van der Waals surface area (Å²) in [4.78, 5) is 33.8. The molecule has 10 heteroatoms. The van der Waals surface area contributed by atoms with Crippen LogP contribution in [0, 0.1) is 5.82 Å². The number of benzene rings is 2. The molecule has 3 unspecified atom stereocenters. The number of rotatable bonds is 13. The summed E-state index contributed by atoms with van der Waals surface area (Å²) in [6.45, 7) is 7.87.